The van der Waals surface area contributed by atoms with Crippen molar-refractivity contribution in [3.05, 3.63) is 0 Å². The van der Waals surface area contributed by atoms with Gasteiger partial charge in [0.15, 0.2) is 0 Å². The van der Waals surface area contributed by atoms with Gasteiger partial charge in [-0.25, -0.2) is 0 Å². The van der Waals surface area contributed by atoms with Gasteiger partial charge in [-0.3, -0.25) is 0 Å². The average molecular weight is 255 g/mol. The Morgan fingerprint density at radius 1 is 1.22 bits per heavy atom. The van der Waals surface area contributed by atoms with Crippen LogP contribution in [0.4, 0.5) is 0 Å². The van der Waals surface area contributed by atoms with Crippen LogP contribution in [0.3, 0.4) is 0 Å². The molecule has 3 nitrogen and oxygen atoms in total. The molecule has 0 aromatic rings. The standard InChI is InChI=1S/C15H33N3/c1-5-14(16-6-2)8-7-11-18-12-9-15(10-13-18)17(3)4/h14-16H,5-13H2,1-4H3. The maximum Gasteiger partial charge on any atom is 0.0113 e. The fourth-order valence-corrected chi connectivity index (χ4v) is 2.96. The Bertz CT molecular complexity index is 198. The predicted molar refractivity (Wildman–Crippen MR) is 80.1 cm³/mol. The van der Waals surface area contributed by atoms with Crippen molar-refractivity contribution >= 4 is 0 Å². The molecule has 1 aliphatic heterocycles. The van der Waals surface area contributed by atoms with Crippen LogP contribution in [-0.4, -0.2) is 62.2 Å². The zero-order chi connectivity index (χ0) is 13.4. The average Bonchev–Trinajstić information content (AvgIpc) is 2.38. The number of hydrogen-bond donors (Lipinski definition) is 1. The van der Waals surface area contributed by atoms with Gasteiger partial charge >= 0.3 is 0 Å². The van der Waals surface area contributed by atoms with Crippen molar-refractivity contribution in [3.63, 3.8) is 0 Å². The highest BCUT2D eigenvalue weighted by molar-refractivity contribution is 4.77. The molecule has 1 rings (SSSR count). The van der Waals surface area contributed by atoms with Crippen molar-refractivity contribution in [1.29, 1.82) is 0 Å². The molecule has 108 valence electrons. The number of rotatable bonds is 8. The Kier molecular flexibility index (Phi) is 7.87. The molecule has 1 atom stereocenters. The molecule has 1 N–H and O–H groups in total. The monoisotopic (exact) mass is 255 g/mol. The summed E-state index contributed by atoms with van der Waals surface area (Å²) in [6.07, 6.45) is 6.63. The molecular formula is C15H33N3. The van der Waals surface area contributed by atoms with Gasteiger partial charge in [-0.05, 0) is 72.4 Å². The van der Waals surface area contributed by atoms with Crippen molar-refractivity contribution in [1.82, 2.24) is 15.1 Å². The molecule has 0 radical (unpaired) electrons. The fraction of sp³-hybridized carbons (Fsp3) is 1.00. The summed E-state index contributed by atoms with van der Waals surface area (Å²) in [5.74, 6) is 0. The zero-order valence-corrected chi connectivity index (χ0v) is 12.9. The molecule has 1 heterocycles. The summed E-state index contributed by atoms with van der Waals surface area (Å²) >= 11 is 0. The molecule has 0 amide bonds. The lowest BCUT2D eigenvalue weighted by Gasteiger charge is -2.35. The molecule has 18 heavy (non-hydrogen) atoms. The van der Waals surface area contributed by atoms with Crippen molar-refractivity contribution in [2.24, 2.45) is 0 Å². The number of hydrogen-bond acceptors (Lipinski definition) is 3. The lowest BCUT2D eigenvalue weighted by Crippen LogP contribution is -2.42. The van der Waals surface area contributed by atoms with E-state index in [0.29, 0.717) is 0 Å². The van der Waals surface area contributed by atoms with Gasteiger partial charge in [0.2, 0.25) is 0 Å². The van der Waals surface area contributed by atoms with Gasteiger partial charge in [-0.15, -0.1) is 0 Å². The normalized spacial score (nSPS) is 20.5. The van der Waals surface area contributed by atoms with Gasteiger partial charge in [0.1, 0.15) is 0 Å². The molecule has 0 saturated carbocycles. The summed E-state index contributed by atoms with van der Waals surface area (Å²) in [6, 6.07) is 1.54. The van der Waals surface area contributed by atoms with Crippen LogP contribution >= 0.6 is 0 Å². The van der Waals surface area contributed by atoms with E-state index in [-0.39, 0.29) is 0 Å². The first-order valence-corrected chi connectivity index (χ1v) is 7.79. The van der Waals surface area contributed by atoms with Gasteiger partial charge in [0.05, 0.1) is 0 Å². The Balaban J connectivity index is 2.10. The summed E-state index contributed by atoms with van der Waals surface area (Å²) in [6.45, 7) is 9.47. The van der Waals surface area contributed by atoms with E-state index < -0.39 is 0 Å². The third kappa shape index (κ3) is 5.68. The van der Waals surface area contributed by atoms with Gasteiger partial charge < -0.3 is 15.1 Å². The highest BCUT2D eigenvalue weighted by Crippen LogP contribution is 2.15. The second-order valence-corrected chi connectivity index (χ2v) is 5.84. The number of likely N-dealkylation sites (tertiary alicyclic amines) is 1. The SMILES string of the molecule is CCNC(CC)CCCN1CCC(N(C)C)CC1. The van der Waals surface area contributed by atoms with Crippen LogP contribution in [0.1, 0.15) is 46.0 Å². The topological polar surface area (TPSA) is 18.5 Å². The Hall–Kier alpha value is -0.120. The third-order valence-electron chi connectivity index (χ3n) is 4.30. The van der Waals surface area contributed by atoms with Crippen molar-refractivity contribution in [3.8, 4) is 0 Å². The summed E-state index contributed by atoms with van der Waals surface area (Å²) in [4.78, 5) is 5.04. The van der Waals surface area contributed by atoms with E-state index in [4.69, 9.17) is 0 Å². The van der Waals surface area contributed by atoms with Crippen LogP contribution in [0.15, 0.2) is 0 Å². The largest absolute Gasteiger partial charge is 0.314 e. The number of piperidine rings is 1. The molecule has 0 aromatic carbocycles. The second kappa shape index (κ2) is 8.89. The minimum absolute atomic E-state index is 0.731. The van der Waals surface area contributed by atoms with Crippen LogP contribution in [0, 0.1) is 0 Å². The Morgan fingerprint density at radius 3 is 2.39 bits per heavy atom. The predicted octanol–water partition coefficient (Wildman–Crippen LogP) is 2.18. The van der Waals surface area contributed by atoms with Crippen LogP contribution in [0.5, 0.6) is 0 Å². The zero-order valence-electron chi connectivity index (χ0n) is 12.9. The molecule has 0 bridgehead atoms. The minimum Gasteiger partial charge on any atom is -0.314 e. The van der Waals surface area contributed by atoms with Gasteiger partial charge in [-0.1, -0.05) is 13.8 Å². The van der Waals surface area contributed by atoms with E-state index in [2.05, 4.69) is 43.1 Å². The van der Waals surface area contributed by atoms with Crippen LogP contribution in [0.2, 0.25) is 0 Å². The molecule has 1 unspecified atom stereocenters. The van der Waals surface area contributed by atoms with Crippen molar-refractivity contribution in [2.45, 2.75) is 58.0 Å². The first-order valence-electron chi connectivity index (χ1n) is 7.79. The van der Waals surface area contributed by atoms with E-state index in [1.165, 1.54) is 51.7 Å². The molecule has 1 fully saturated rings. The smallest absolute Gasteiger partial charge is 0.0113 e. The van der Waals surface area contributed by atoms with Gasteiger partial charge in [0, 0.05) is 12.1 Å². The Morgan fingerprint density at radius 2 is 1.89 bits per heavy atom. The second-order valence-electron chi connectivity index (χ2n) is 5.84. The van der Waals surface area contributed by atoms with E-state index in [0.717, 1.165) is 18.6 Å². The molecule has 1 aliphatic rings. The molecular weight excluding hydrogens is 222 g/mol. The molecule has 0 aromatic heterocycles. The third-order valence-corrected chi connectivity index (χ3v) is 4.30. The Labute approximate surface area is 114 Å². The number of nitrogens with one attached hydrogen (secondary N) is 1. The van der Waals surface area contributed by atoms with Gasteiger partial charge in [0.25, 0.3) is 0 Å². The lowest BCUT2D eigenvalue weighted by atomic mass is 10.0. The van der Waals surface area contributed by atoms with E-state index in [1.807, 2.05) is 0 Å². The quantitative estimate of drug-likeness (QED) is 0.717. The summed E-state index contributed by atoms with van der Waals surface area (Å²) in [5.41, 5.74) is 0. The van der Waals surface area contributed by atoms with Crippen LogP contribution < -0.4 is 5.32 Å². The maximum atomic E-state index is 3.57. The fourth-order valence-electron chi connectivity index (χ4n) is 2.96. The molecule has 1 saturated heterocycles. The molecule has 0 spiro atoms. The summed E-state index contributed by atoms with van der Waals surface area (Å²) in [5, 5.41) is 3.57. The number of nitrogens with zero attached hydrogens (tertiary/aromatic N) is 2. The molecule has 3 heteroatoms. The minimum atomic E-state index is 0.731. The van der Waals surface area contributed by atoms with Gasteiger partial charge in [-0.2, -0.15) is 0 Å². The van der Waals surface area contributed by atoms with E-state index in [9.17, 15) is 0 Å². The lowest BCUT2D eigenvalue weighted by molar-refractivity contribution is 0.142. The first kappa shape index (κ1) is 15.9. The van der Waals surface area contributed by atoms with E-state index >= 15 is 0 Å². The molecule has 0 aliphatic carbocycles. The van der Waals surface area contributed by atoms with Crippen molar-refractivity contribution < 1.29 is 0 Å². The highest BCUT2D eigenvalue weighted by atomic mass is 15.2. The summed E-state index contributed by atoms with van der Waals surface area (Å²) in [7, 11) is 4.42. The summed E-state index contributed by atoms with van der Waals surface area (Å²) < 4.78 is 0. The van der Waals surface area contributed by atoms with Crippen LogP contribution in [-0.2, 0) is 0 Å². The first-order chi connectivity index (χ1) is 8.67. The van der Waals surface area contributed by atoms with Crippen LogP contribution in [0.25, 0.3) is 0 Å². The van der Waals surface area contributed by atoms with E-state index in [1.54, 1.807) is 0 Å². The van der Waals surface area contributed by atoms with Crippen molar-refractivity contribution in [2.75, 3.05) is 40.3 Å². The highest BCUT2D eigenvalue weighted by Gasteiger charge is 2.20. The maximum absolute atomic E-state index is 3.57.